The minimum absolute atomic E-state index is 0.313. The molecule has 0 aliphatic rings. The maximum absolute atomic E-state index is 13.5. The van der Waals surface area contributed by atoms with Crippen molar-refractivity contribution < 1.29 is 4.39 Å². The highest BCUT2D eigenvalue weighted by molar-refractivity contribution is 7.80. The summed E-state index contributed by atoms with van der Waals surface area (Å²) in [5.41, 5.74) is 5.62. The lowest BCUT2D eigenvalue weighted by molar-refractivity contribution is 0.501. The summed E-state index contributed by atoms with van der Waals surface area (Å²) in [6.45, 7) is 3.75. The normalized spacial score (nSPS) is 11.5. The maximum atomic E-state index is 13.5. The fraction of sp³-hybridized carbons (Fsp3) is 0.364. The van der Waals surface area contributed by atoms with Gasteiger partial charge in [-0.25, -0.2) is 4.39 Å². The lowest BCUT2D eigenvalue weighted by Crippen LogP contribution is -2.32. The van der Waals surface area contributed by atoms with E-state index in [0.29, 0.717) is 22.0 Å². The molecule has 0 atom stereocenters. The van der Waals surface area contributed by atoms with Crippen LogP contribution in [0, 0.1) is 11.2 Å². The average Bonchev–Trinajstić information content (AvgIpc) is 2.11. The molecule has 4 heteroatoms. The molecular weight excluding hydrogens is 233 g/mol. The van der Waals surface area contributed by atoms with E-state index < -0.39 is 5.41 Å². The topological polar surface area (TPSA) is 26.0 Å². The van der Waals surface area contributed by atoms with Gasteiger partial charge in [0.1, 0.15) is 5.82 Å². The van der Waals surface area contributed by atoms with E-state index in [2.05, 4.69) is 0 Å². The highest BCUT2D eigenvalue weighted by atomic mass is 35.5. The van der Waals surface area contributed by atoms with E-state index in [1.165, 1.54) is 6.07 Å². The Bertz CT molecular complexity index is 370. The maximum Gasteiger partial charge on any atom is 0.127 e. The molecule has 1 rings (SSSR count). The second-order valence-corrected chi connectivity index (χ2v) is 4.97. The second kappa shape index (κ2) is 4.45. The highest BCUT2D eigenvalue weighted by Crippen LogP contribution is 2.28. The van der Waals surface area contributed by atoms with E-state index in [0.717, 1.165) is 0 Å². The summed E-state index contributed by atoms with van der Waals surface area (Å²) in [5, 5.41) is 0.416. The summed E-state index contributed by atoms with van der Waals surface area (Å²) in [6.07, 6.45) is 0.411. The summed E-state index contributed by atoms with van der Waals surface area (Å²) in [5.74, 6) is -0.313. The summed E-state index contributed by atoms with van der Waals surface area (Å²) < 4.78 is 13.5. The van der Waals surface area contributed by atoms with Gasteiger partial charge in [0.05, 0.1) is 4.99 Å². The van der Waals surface area contributed by atoms with E-state index in [-0.39, 0.29) is 5.82 Å². The molecule has 82 valence electrons. The summed E-state index contributed by atoms with van der Waals surface area (Å²) in [6, 6.07) is 4.63. The molecule has 1 aromatic carbocycles. The molecule has 0 aliphatic carbocycles. The molecule has 0 heterocycles. The molecule has 0 radical (unpaired) electrons. The third kappa shape index (κ3) is 2.89. The van der Waals surface area contributed by atoms with Crippen LogP contribution in [0.1, 0.15) is 19.4 Å². The first-order chi connectivity index (χ1) is 6.84. The van der Waals surface area contributed by atoms with Crippen LogP contribution in [-0.4, -0.2) is 4.99 Å². The number of benzene rings is 1. The predicted molar refractivity (Wildman–Crippen MR) is 65.7 cm³/mol. The van der Waals surface area contributed by atoms with Crippen molar-refractivity contribution in [1.82, 2.24) is 0 Å². The summed E-state index contributed by atoms with van der Waals surface area (Å²) in [4.78, 5) is 0.363. The lowest BCUT2D eigenvalue weighted by Gasteiger charge is -2.23. The van der Waals surface area contributed by atoms with Crippen LogP contribution < -0.4 is 5.73 Å². The molecule has 0 fully saturated rings. The number of halogens is 2. The fourth-order valence-electron chi connectivity index (χ4n) is 1.23. The third-order valence-corrected chi connectivity index (χ3v) is 3.25. The molecule has 2 N–H and O–H groups in total. The number of nitrogens with two attached hydrogens (primary N) is 1. The molecule has 0 unspecified atom stereocenters. The zero-order chi connectivity index (χ0) is 11.6. The van der Waals surface area contributed by atoms with Crippen LogP contribution in [-0.2, 0) is 6.42 Å². The molecule has 0 aliphatic heterocycles. The molecule has 1 aromatic rings. The van der Waals surface area contributed by atoms with E-state index in [1.54, 1.807) is 12.1 Å². The number of hydrogen-bond acceptors (Lipinski definition) is 1. The Labute approximate surface area is 99.4 Å². The number of rotatable bonds is 3. The van der Waals surface area contributed by atoms with E-state index in [4.69, 9.17) is 29.6 Å². The van der Waals surface area contributed by atoms with Crippen molar-refractivity contribution >= 4 is 28.8 Å². The lowest BCUT2D eigenvalue weighted by atomic mass is 9.85. The van der Waals surface area contributed by atoms with Crippen LogP contribution >= 0.6 is 23.8 Å². The Morgan fingerprint density at radius 1 is 1.53 bits per heavy atom. The molecule has 0 aromatic heterocycles. The quantitative estimate of drug-likeness (QED) is 0.827. The molecule has 0 saturated heterocycles. The van der Waals surface area contributed by atoms with Crippen LogP contribution in [0.15, 0.2) is 18.2 Å². The Morgan fingerprint density at radius 2 is 2.13 bits per heavy atom. The van der Waals surface area contributed by atoms with Gasteiger partial charge in [0.25, 0.3) is 0 Å². The van der Waals surface area contributed by atoms with Crippen molar-refractivity contribution in [1.29, 1.82) is 0 Å². The van der Waals surface area contributed by atoms with Gasteiger partial charge in [0.2, 0.25) is 0 Å². The molecule has 15 heavy (non-hydrogen) atoms. The largest absolute Gasteiger partial charge is 0.393 e. The Kier molecular flexibility index (Phi) is 3.68. The molecule has 1 nitrogen and oxygen atoms in total. The smallest absolute Gasteiger partial charge is 0.127 e. The van der Waals surface area contributed by atoms with Gasteiger partial charge >= 0.3 is 0 Å². The monoisotopic (exact) mass is 245 g/mol. The molecule has 0 saturated carbocycles. The van der Waals surface area contributed by atoms with Crippen LogP contribution in [0.2, 0.25) is 5.02 Å². The van der Waals surface area contributed by atoms with Gasteiger partial charge in [-0.3, -0.25) is 0 Å². The van der Waals surface area contributed by atoms with Crippen molar-refractivity contribution in [3.63, 3.8) is 0 Å². The number of hydrogen-bond donors (Lipinski definition) is 1. The van der Waals surface area contributed by atoms with Crippen molar-refractivity contribution in [2.45, 2.75) is 20.3 Å². The average molecular weight is 246 g/mol. The van der Waals surface area contributed by atoms with Gasteiger partial charge in [0.15, 0.2) is 0 Å². The second-order valence-electron chi connectivity index (χ2n) is 4.13. The van der Waals surface area contributed by atoms with Gasteiger partial charge in [-0.1, -0.05) is 43.7 Å². The molecule has 0 bridgehead atoms. The summed E-state index contributed by atoms with van der Waals surface area (Å²) in [7, 11) is 0. The summed E-state index contributed by atoms with van der Waals surface area (Å²) >= 11 is 10.8. The molecular formula is C11H13ClFNS. The third-order valence-electron chi connectivity index (χ3n) is 2.35. The van der Waals surface area contributed by atoms with Crippen LogP contribution in [0.4, 0.5) is 4.39 Å². The van der Waals surface area contributed by atoms with Gasteiger partial charge < -0.3 is 5.73 Å². The van der Waals surface area contributed by atoms with E-state index >= 15 is 0 Å². The van der Waals surface area contributed by atoms with E-state index in [9.17, 15) is 4.39 Å². The van der Waals surface area contributed by atoms with Gasteiger partial charge in [-0.2, -0.15) is 0 Å². The van der Waals surface area contributed by atoms with Gasteiger partial charge in [-0.05, 0) is 18.6 Å². The van der Waals surface area contributed by atoms with E-state index in [1.807, 2.05) is 13.8 Å². The van der Waals surface area contributed by atoms with Crippen molar-refractivity contribution in [2.24, 2.45) is 11.1 Å². The standard InChI is InChI=1S/C11H13ClFNS/c1-11(2,10(14)15)6-7-8(12)4-3-5-9(7)13/h3-5H,6H2,1-2H3,(H2,14,15). The van der Waals surface area contributed by atoms with Crippen molar-refractivity contribution in [2.75, 3.05) is 0 Å². The fourth-order valence-corrected chi connectivity index (χ4v) is 1.53. The zero-order valence-electron chi connectivity index (χ0n) is 8.68. The first kappa shape index (κ1) is 12.4. The van der Waals surface area contributed by atoms with Gasteiger partial charge in [0, 0.05) is 16.0 Å². The van der Waals surface area contributed by atoms with Crippen LogP contribution in [0.25, 0.3) is 0 Å². The molecule has 0 spiro atoms. The predicted octanol–water partition coefficient (Wildman–Crippen LogP) is 3.33. The Hall–Kier alpha value is -0.670. The van der Waals surface area contributed by atoms with Crippen LogP contribution in [0.5, 0.6) is 0 Å². The molecule has 0 amide bonds. The van der Waals surface area contributed by atoms with Gasteiger partial charge in [-0.15, -0.1) is 0 Å². The zero-order valence-corrected chi connectivity index (χ0v) is 10.3. The van der Waals surface area contributed by atoms with Crippen molar-refractivity contribution in [3.8, 4) is 0 Å². The SMILES string of the molecule is CC(C)(Cc1c(F)cccc1Cl)C(N)=S. The number of thiocarbonyl (C=S) groups is 1. The van der Waals surface area contributed by atoms with Crippen LogP contribution in [0.3, 0.4) is 0 Å². The minimum Gasteiger partial charge on any atom is -0.393 e. The Balaban J connectivity index is 3.04. The first-order valence-electron chi connectivity index (χ1n) is 4.57. The first-order valence-corrected chi connectivity index (χ1v) is 5.36. The van der Waals surface area contributed by atoms with Crippen molar-refractivity contribution in [3.05, 3.63) is 34.6 Å². The highest BCUT2D eigenvalue weighted by Gasteiger charge is 2.24. The Morgan fingerprint density at radius 3 is 2.60 bits per heavy atom. The minimum atomic E-state index is -0.429.